The van der Waals surface area contributed by atoms with Crippen molar-refractivity contribution in [1.29, 1.82) is 0 Å². The van der Waals surface area contributed by atoms with Gasteiger partial charge in [0.1, 0.15) is 0 Å². The zero-order chi connectivity index (χ0) is 10.8. The SMILES string of the molecule is CC1CC1CN(C)CCCS(N)(=O)=O. The Balaban J connectivity index is 2.06. The maximum Gasteiger partial charge on any atom is 0.209 e. The van der Waals surface area contributed by atoms with Crippen LogP contribution in [-0.2, 0) is 10.0 Å². The molecule has 14 heavy (non-hydrogen) atoms. The van der Waals surface area contributed by atoms with Crippen LogP contribution in [0, 0.1) is 11.8 Å². The highest BCUT2D eigenvalue weighted by Gasteiger charge is 2.32. The minimum absolute atomic E-state index is 0.0948. The highest BCUT2D eigenvalue weighted by molar-refractivity contribution is 7.89. The van der Waals surface area contributed by atoms with Crippen LogP contribution in [0.25, 0.3) is 0 Å². The van der Waals surface area contributed by atoms with Gasteiger partial charge in [0.2, 0.25) is 10.0 Å². The molecule has 0 aromatic heterocycles. The van der Waals surface area contributed by atoms with Crippen molar-refractivity contribution in [3.8, 4) is 0 Å². The van der Waals surface area contributed by atoms with Gasteiger partial charge in [-0.05, 0) is 38.3 Å². The van der Waals surface area contributed by atoms with Gasteiger partial charge in [-0.3, -0.25) is 0 Å². The second kappa shape index (κ2) is 4.59. The molecule has 0 aliphatic heterocycles. The first-order valence-corrected chi connectivity index (χ1v) is 6.79. The zero-order valence-electron chi connectivity index (χ0n) is 8.94. The minimum Gasteiger partial charge on any atom is -0.306 e. The van der Waals surface area contributed by atoms with Crippen molar-refractivity contribution >= 4 is 10.0 Å². The van der Waals surface area contributed by atoms with Crippen molar-refractivity contribution in [3.63, 3.8) is 0 Å². The molecule has 4 nitrogen and oxygen atoms in total. The second-order valence-corrected chi connectivity index (χ2v) is 6.19. The van der Waals surface area contributed by atoms with E-state index in [2.05, 4.69) is 11.8 Å². The van der Waals surface area contributed by atoms with Crippen molar-refractivity contribution in [2.45, 2.75) is 19.8 Å². The van der Waals surface area contributed by atoms with E-state index in [1.54, 1.807) is 0 Å². The number of primary sulfonamides is 1. The van der Waals surface area contributed by atoms with Crippen LogP contribution in [0.4, 0.5) is 0 Å². The molecule has 1 aliphatic carbocycles. The lowest BCUT2D eigenvalue weighted by Gasteiger charge is -2.15. The summed E-state index contributed by atoms with van der Waals surface area (Å²) in [6, 6.07) is 0. The fraction of sp³-hybridized carbons (Fsp3) is 1.00. The molecule has 84 valence electrons. The van der Waals surface area contributed by atoms with Crippen LogP contribution in [-0.4, -0.2) is 39.2 Å². The normalized spacial score (nSPS) is 26.9. The highest BCUT2D eigenvalue weighted by atomic mass is 32.2. The van der Waals surface area contributed by atoms with Gasteiger partial charge < -0.3 is 4.90 Å². The Morgan fingerprint density at radius 1 is 1.50 bits per heavy atom. The second-order valence-electron chi connectivity index (χ2n) is 4.46. The van der Waals surface area contributed by atoms with Gasteiger partial charge in [0.05, 0.1) is 5.75 Å². The predicted octanol–water partition coefficient (Wildman–Crippen LogP) is 0.253. The molecule has 2 atom stereocenters. The molecular weight excluding hydrogens is 200 g/mol. The molecule has 1 saturated carbocycles. The van der Waals surface area contributed by atoms with E-state index in [1.807, 2.05) is 7.05 Å². The van der Waals surface area contributed by atoms with E-state index in [0.717, 1.165) is 24.9 Å². The lowest BCUT2D eigenvalue weighted by molar-refractivity contribution is 0.316. The maximum atomic E-state index is 10.7. The zero-order valence-corrected chi connectivity index (χ0v) is 9.76. The van der Waals surface area contributed by atoms with E-state index in [4.69, 9.17) is 5.14 Å². The molecule has 0 aromatic rings. The van der Waals surface area contributed by atoms with Crippen LogP contribution < -0.4 is 5.14 Å². The van der Waals surface area contributed by atoms with Crippen LogP contribution in [0.5, 0.6) is 0 Å². The predicted molar refractivity (Wildman–Crippen MR) is 57.4 cm³/mol. The fourth-order valence-corrected chi connectivity index (χ4v) is 2.21. The molecule has 0 radical (unpaired) electrons. The average Bonchev–Trinajstić information content (AvgIpc) is 2.63. The summed E-state index contributed by atoms with van der Waals surface area (Å²) in [5.41, 5.74) is 0. The van der Waals surface area contributed by atoms with E-state index in [9.17, 15) is 8.42 Å². The van der Waals surface area contributed by atoms with E-state index in [0.29, 0.717) is 6.42 Å². The Bertz CT molecular complexity index is 277. The van der Waals surface area contributed by atoms with Crippen LogP contribution >= 0.6 is 0 Å². The molecule has 0 saturated heterocycles. The quantitative estimate of drug-likeness (QED) is 0.698. The lowest BCUT2D eigenvalue weighted by atomic mass is 10.3. The molecule has 0 bridgehead atoms. The van der Waals surface area contributed by atoms with Crippen molar-refractivity contribution < 1.29 is 8.42 Å². The average molecular weight is 220 g/mol. The first kappa shape index (κ1) is 11.9. The minimum atomic E-state index is -3.27. The first-order chi connectivity index (χ1) is 6.38. The topological polar surface area (TPSA) is 63.4 Å². The standard InChI is InChI=1S/C9H20N2O2S/c1-8-6-9(8)7-11(2)4-3-5-14(10,12)13/h8-9H,3-7H2,1-2H3,(H2,10,12,13). The molecule has 0 spiro atoms. The highest BCUT2D eigenvalue weighted by Crippen LogP contribution is 2.37. The van der Waals surface area contributed by atoms with Crippen molar-refractivity contribution in [2.75, 3.05) is 25.9 Å². The van der Waals surface area contributed by atoms with Crippen LogP contribution in [0.3, 0.4) is 0 Å². The first-order valence-electron chi connectivity index (χ1n) is 5.07. The molecular formula is C9H20N2O2S. The molecule has 2 unspecified atom stereocenters. The smallest absolute Gasteiger partial charge is 0.209 e. The van der Waals surface area contributed by atoms with Crippen molar-refractivity contribution in [1.82, 2.24) is 4.90 Å². The van der Waals surface area contributed by atoms with Gasteiger partial charge in [0.25, 0.3) is 0 Å². The third-order valence-electron chi connectivity index (χ3n) is 2.79. The van der Waals surface area contributed by atoms with E-state index >= 15 is 0 Å². The Kier molecular flexibility index (Phi) is 3.92. The summed E-state index contributed by atoms with van der Waals surface area (Å²) in [5.74, 6) is 1.78. The molecule has 0 amide bonds. The van der Waals surface area contributed by atoms with E-state index < -0.39 is 10.0 Å². The van der Waals surface area contributed by atoms with Gasteiger partial charge in [0, 0.05) is 6.54 Å². The Morgan fingerprint density at radius 3 is 2.50 bits per heavy atom. The number of nitrogens with two attached hydrogens (primary N) is 1. The number of nitrogens with zero attached hydrogens (tertiary/aromatic N) is 1. The lowest BCUT2D eigenvalue weighted by Crippen LogP contribution is -2.26. The summed E-state index contributed by atoms with van der Waals surface area (Å²) in [6.45, 7) is 4.16. The summed E-state index contributed by atoms with van der Waals surface area (Å²) < 4.78 is 21.3. The van der Waals surface area contributed by atoms with Gasteiger partial charge in [-0.1, -0.05) is 6.92 Å². The summed E-state index contributed by atoms with van der Waals surface area (Å²) in [6.07, 6.45) is 1.95. The molecule has 0 aromatic carbocycles. The Labute approximate surface area is 86.5 Å². The number of hydrogen-bond donors (Lipinski definition) is 1. The van der Waals surface area contributed by atoms with Crippen LogP contribution in [0.15, 0.2) is 0 Å². The van der Waals surface area contributed by atoms with E-state index in [1.165, 1.54) is 6.42 Å². The Morgan fingerprint density at radius 2 is 2.07 bits per heavy atom. The molecule has 1 fully saturated rings. The third kappa shape index (κ3) is 4.93. The van der Waals surface area contributed by atoms with Gasteiger partial charge >= 0.3 is 0 Å². The summed E-state index contributed by atoms with van der Waals surface area (Å²) in [4.78, 5) is 2.19. The van der Waals surface area contributed by atoms with Gasteiger partial charge in [-0.2, -0.15) is 0 Å². The van der Waals surface area contributed by atoms with Gasteiger partial charge in [0.15, 0.2) is 0 Å². The molecule has 2 N–H and O–H groups in total. The Hall–Kier alpha value is -0.130. The number of hydrogen-bond acceptors (Lipinski definition) is 3. The fourth-order valence-electron chi connectivity index (χ4n) is 1.68. The largest absolute Gasteiger partial charge is 0.306 e. The number of sulfonamides is 1. The summed E-state index contributed by atoms with van der Waals surface area (Å²) in [5, 5.41) is 4.91. The number of rotatable bonds is 6. The van der Waals surface area contributed by atoms with Crippen molar-refractivity contribution in [2.24, 2.45) is 17.0 Å². The third-order valence-corrected chi connectivity index (χ3v) is 3.65. The van der Waals surface area contributed by atoms with Gasteiger partial charge in [-0.25, -0.2) is 13.6 Å². The molecule has 1 aliphatic rings. The molecule has 1 rings (SSSR count). The molecule has 5 heteroatoms. The molecule has 0 heterocycles. The van der Waals surface area contributed by atoms with Crippen molar-refractivity contribution in [3.05, 3.63) is 0 Å². The van der Waals surface area contributed by atoms with E-state index in [-0.39, 0.29) is 5.75 Å². The van der Waals surface area contributed by atoms with Gasteiger partial charge in [-0.15, -0.1) is 0 Å². The summed E-state index contributed by atoms with van der Waals surface area (Å²) >= 11 is 0. The maximum absolute atomic E-state index is 10.7. The van der Waals surface area contributed by atoms with Crippen LogP contribution in [0.1, 0.15) is 19.8 Å². The summed E-state index contributed by atoms with van der Waals surface area (Å²) in [7, 11) is -1.23. The van der Waals surface area contributed by atoms with Crippen LogP contribution in [0.2, 0.25) is 0 Å². The monoisotopic (exact) mass is 220 g/mol.